The number of hydroxylamine groups is 1. The van der Waals surface area contributed by atoms with Crippen LogP contribution in [0.4, 0.5) is 14.0 Å². The van der Waals surface area contributed by atoms with Crippen molar-refractivity contribution in [3.05, 3.63) is 65.0 Å². The van der Waals surface area contributed by atoms with Crippen LogP contribution in [0, 0.1) is 18.7 Å². The van der Waals surface area contributed by atoms with Crippen molar-refractivity contribution in [3.8, 4) is 5.75 Å². The topological polar surface area (TPSA) is 156 Å². The molecule has 0 unspecified atom stereocenters. The van der Waals surface area contributed by atoms with E-state index in [-0.39, 0.29) is 32.0 Å². The summed E-state index contributed by atoms with van der Waals surface area (Å²) >= 11 is 0. The Morgan fingerprint density at radius 3 is 2.43 bits per heavy atom. The van der Waals surface area contributed by atoms with E-state index >= 15 is 0 Å². The molecule has 4 aliphatic rings. The number of carbonyl (C=O) groups excluding carboxylic acids is 5. The molecule has 5 amide bonds. The number of para-hydroxylation sites is 1. The van der Waals surface area contributed by atoms with E-state index in [1.807, 2.05) is 19.1 Å². The van der Waals surface area contributed by atoms with Crippen LogP contribution in [0.5, 0.6) is 5.75 Å². The summed E-state index contributed by atoms with van der Waals surface area (Å²) in [6, 6.07) is 9.78. The SMILES string of the molecule is Cc1ccccc1ONC(=O)[C@@]12C[C@@H]1CCCCCCC[C@H](NC(=O)OC(C)(C)C)C(=O)N1C[C@H](OC(=O)N3Cc4cccc(F)c4C3)C[C@H]1C(=O)N2. The standard InChI is InChI=1S/C39H50FN5O8/c1-24-13-10-11-18-32(24)53-43-35(48)39-20-26(39)15-8-6-5-7-9-17-30(41-36(49)52-38(2,3)4)34(47)45-22-27(19-31(45)33(46)42-39)51-37(50)44-21-25-14-12-16-29(40)28(25)23-44/h10-14,16,18,26-27,30-31H,5-9,15,17,19-23H2,1-4H3,(H,41,49)(H,42,46)(H,43,48)/t26-,27+,30-,31-,39+/m0/s1. The largest absolute Gasteiger partial charge is 0.444 e. The van der Waals surface area contributed by atoms with Crippen LogP contribution in [0.1, 0.15) is 95.2 Å². The molecule has 1 saturated carbocycles. The van der Waals surface area contributed by atoms with Crippen LogP contribution in [0.2, 0.25) is 0 Å². The monoisotopic (exact) mass is 735 g/mol. The molecule has 6 rings (SSSR count). The molecule has 5 atom stereocenters. The third kappa shape index (κ3) is 8.85. The van der Waals surface area contributed by atoms with Gasteiger partial charge in [-0.3, -0.25) is 19.3 Å². The Morgan fingerprint density at radius 2 is 1.70 bits per heavy atom. The van der Waals surface area contributed by atoms with Crippen molar-refractivity contribution in [2.45, 2.75) is 128 Å². The van der Waals surface area contributed by atoms with Gasteiger partial charge in [-0.15, -0.1) is 0 Å². The van der Waals surface area contributed by atoms with Crippen LogP contribution in [-0.2, 0) is 36.9 Å². The second kappa shape index (κ2) is 15.6. The molecule has 0 aromatic heterocycles. The van der Waals surface area contributed by atoms with Gasteiger partial charge in [0.25, 0.3) is 5.91 Å². The molecule has 3 fully saturated rings. The molecule has 0 bridgehead atoms. The molecule has 3 heterocycles. The Labute approximate surface area is 309 Å². The minimum Gasteiger partial charge on any atom is -0.444 e. The molecule has 1 aliphatic carbocycles. The lowest BCUT2D eigenvalue weighted by Crippen LogP contribution is -2.58. The average Bonchev–Trinajstić information content (AvgIpc) is 3.39. The summed E-state index contributed by atoms with van der Waals surface area (Å²) in [5.41, 5.74) is 2.41. The van der Waals surface area contributed by atoms with Gasteiger partial charge in [0.05, 0.1) is 13.1 Å². The van der Waals surface area contributed by atoms with E-state index in [2.05, 4.69) is 16.1 Å². The number of hydrogen-bond donors (Lipinski definition) is 3. The van der Waals surface area contributed by atoms with E-state index < -0.39 is 65.1 Å². The zero-order chi connectivity index (χ0) is 37.9. The summed E-state index contributed by atoms with van der Waals surface area (Å²) < 4.78 is 25.8. The van der Waals surface area contributed by atoms with Crippen LogP contribution in [0.25, 0.3) is 0 Å². The smallest absolute Gasteiger partial charge is 0.410 e. The van der Waals surface area contributed by atoms with Gasteiger partial charge in [-0.25, -0.2) is 14.0 Å². The van der Waals surface area contributed by atoms with Gasteiger partial charge >= 0.3 is 12.2 Å². The number of ether oxygens (including phenoxy) is 2. The molecule has 2 saturated heterocycles. The van der Waals surface area contributed by atoms with Crippen LogP contribution < -0.4 is 21.0 Å². The summed E-state index contributed by atoms with van der Waals surface area (Å²) in [4.78, 5) is 77.2. The van der Waals surface area contributed by atoms with Gasteiger partial charge in [-0.1, -0.05) is 62.4 Å². The second-order valence-electron chi connectivity index (χ2n) is 15.7. The number of fused-ring (bicyclic) bond motifs is 3. The van der Waals surface area contributed by atoms with Crippen molar-refractivity contribution in [1.82, 2.24) is 25.9 Å². The normalized spacial score (nSPS) is 26.1. The summed E-state index contributed by atoms with van der Waals surface area (Å²) in [6.45, 7) is 7.10. The van der Waals surface area contributed by atoms with E-state index in [4.69, 9.17) is 14.3 Å². The fourth-order valence-electron chi connectivity index (χ4n) is 7.61. The van der Waals surface area contributed by atoms with Gasteiger partial charge in [-0.05, 0) is 76.1 Å². The molecular weight excluding hydrogens is 685 g/mol. The first kappa shape index (κ1) is 37.9. The van der Waals surface area contributed by atoms with Crippen molar-refractivity contribution in [3.63, 3.8) is 0 Å². The molecule has 53 heavy (non-hydrogen) atoms. The first-order chi connectivity index (χ1) is 25.2. The Hall–Kier alpha value is -4.88. The summed E-state index contributed by atoms with van der Waals surface area (Å²) in [6.07, 6.45) is 3.17. The number of halogens is 1. The first-order valence-electron chi connectivity index (χ1n) is 18.6. The number of alkyl carbamates (subject to hydrolysis) is 1. The maximum absolute atomic E-state index is 14.4. The Morgan fingerprint density at radius 1 is 0.962 bits per heavy atom. The highest BCUT2D eigenvalue weighted by molar-refractivity contribution is 5.98. The van der Waals surface area contributed by atoms with Crippen LogP contribution >= 0.6 is 0 Å². The zero-order valence-electron chi connectivity index (χ0n) is 30.9. The summed E-state index contributed by atoms with van der Waals surface area (Å²) in [5, 5.41) is 5.71. The van der Waals surface area contributed by atoms with E-state index in [1.54, 1.807) is 45.0 Å². The predicted octanol–water partition coefficient (Wildman–Crippen LogP) is 5.18. The van der Waals surface area contributed by atoms with E-state index in [0.29, 0.717) is 42.6 Å². The van der Waals surface area contributed by atoms with Gasteiger partial charge < -0.3 is 29.8 Å². The van der Waals surface area contributed by atoms with E-state index in [1.165, 1.54) is 15.9 Å². The molecule has 0 spiro atoms. The molecule has 14 heteroatoms. The lowest BCUT2D eigenvalue weighted by Gasteiger charge is -2.30. The Bertz CT molecular complexity index is 1730. The van der Waals surface area contributed by atoms with Gasteiger partial charge in [0.2, 0.25) is 11.8 Å². The molecule has 3 N–H and O–H groups in total. The molecular formula is C39H50FN5O8. The number of carbonyl (C=O) groups is 5. The van der Waals surface area contributed by atoms with E-state index in [9.17, 15) is 28.4 Å². The molecule has 13 nitrogen and oxygen atoms in total. The van der Waals surface area contributed by atoms with E-state index in [0.717, 1.165) is 31.2 Å². The maximum atomic E-state index is 14.4. The number of hydrogen-bond acceptors (Lipinski definition) is 8. The number of nitrogens with zero attached hydrogens (tertiary/aromatic N) is 2. The summed E-state index contributed by atoms with van der Waals surface area (Å²) in [7, 11) is 0. The summed E-state index contributed by atoms with van der Waals surface area (Å²) in [5.74, 6) is -1.66. The van der Waals surface area contributed by atoms with Crippen molar-refractivity contribution in [1.29, 1.82) is 0 Å². The predicted molar refractivity (Wildman–Crippen MR) is 190 cm³/mol. The minimum atomic E-state index is -1.26. The van der Waals surface area contributed by atoms with Crippen molar-refractivity contribution in [2.75, 3.05) is 6.54 Å². The van der Waals surface area contributed by atoms with Gasteiger partial charge in [0.15, 0.2) is 5.75 Å². The van der Waals surface area contributed by atoms with Crippen LogP contribution in [-0.4, -0.2) is 75.6 Å². The zero-order valence-corrected chi connectivity index (χ0v) is 30.9. The number of aryl methyl sites for hydroxylation is 1. The highest BCUT2D eigenvalue weighted by atomic mass is 19.1. The molecule has 2 aromatic rings. The van der Waals surface area contributed by atoms with Crippen LogP contribution in [0.3, 0.4) is 0 Å². The molecule has 0 radical (unpaired) electrons. The minimum absolute atomic E-state index is 0.0333. The Balaban J connectivity index is 1.23. The van der Waals surface area contributed by atoms with Crippen molar-refractivity contribution < 1.29 is 42.7 Å². The Kier molecular flexibility index (Phi) is 11.2. The fraction of sp³-hybridized carbons (Fsp3) is 0.564. The fourth-order valence-corrected chi connectivity index (χ4v) is 7.61. The number of nitrogens with one attached hydrogen (secondary N) is 3. The highest BCUT2D eigenvalue weighted by Crippen LogP contribution is 2.48. The molecule has 2 aromatic carbocycles. The number of rotatable bonds is 5. The van der Waals surface area contributed by atoms with Crippen molar-refractivity contribution >= 4 is 29.9 Å². The average molecular weight is 736 g/mol. The molecule has 3 aliphatic heterocycles. The highest BCUT2D eigenvalue weighted by Gasteiger charge is 2.62. The third-order valence-corrected chi connectivity index (χ3v) is 10.5. The van der Waals surface area contributed by atoms with Gasteiger partial charge in [-0.2, -0.15) is 5.48 Å². The third-order valence-electron chi connectivity index (χ3n) is 10.5. The first-order valence-corrected chi connectivity index (χ1v) is 18.6. The van der Waals surface area contributed by atoms with Gasteiger partial charge in [0, 0.05) is 18.5 Å². The lowest BCUT2D eigenvalue weighted by atomic mass is 10.0. The molecule has 286 valence electrons. The van der Waals surface area contributed by atoms with Crippen LogP contribution in [0.15, 0.2) is 42.5 Å². The van der Waals surface area contributed by atoms with Gasteiger partial charge in [0.1, 0.15) is 35.1 Å². The number of benzene rings is 2. The lowest BCUT2D eigenvalue weighted by molar-refractivity contribution is -0.142. The maximum Gasteiger partial charge on any atom is 0.410 e. The number of amides is 5. The van der Waals surface area contributed by atoms with Crippen molar-refractivity contribution in [2.24, 2.45) is 5.92 Å². The quantitative estimate of drug-likeness (QED) is 0.355. The second-order valence-corrected chi connectivity index (χ2v) is 15.7.